The number of rotatable bonds is 3. The van der Waals surface area contributed by atoms with Crippen LogP contribution in [0.4, 0.5) is 4.39 Å². The first-order valence-electron chi connectivity index (χ1n) is 7.02. The molecule has 0 bridgehead atoms. The Morgan fingerprint density at radius 1 is 1.43 bits per heavy atom. The molecule has 0 spiro atoms. The largest absolute Gasteiger partial charge is 0.478 e. The Kier molecular flexibility index (Phi) is 3.41. The Morgan fingerprint density at radius 2 is 2.14 bits per heavy atom. The number of nitrogens with one attached hydrogen (secondary N) is 1. The van der Waals surface area contributed by atoms with Crippen molar-refractivity contribution in [3.63, 3.8) is 0 Å². The quantitative estimate of drug-likeness (QED) is 0.873. The van der Waals surface area contributed by atoms with Crippen LogP contribution in [0.15, 0.2) is 24.3 Å². The normalized spacial score (nSPS) is 28.5. The molecule has 2 aliphatic rings. The van der Waals surface area contributed by atoms with Crippen LogP contribution in [0.3, 0.4) is 0 Å². The number of carboxylic acid groups (broad SMARTS) is 1. The van der Waals surface area contributed by atoms with Gasteiger partial charge in [-0.15, -0.1) is 0 Å². The summed E-state index contributed by atoms with van der Waals surface area (Å²) in [7, 11) is 0. The van der Waals surface area contributed by atoms with E-state index in [-0.39, 0.29) is 17.9 Å². The van der Waals surface area contributed by atoms with Crippen molar-refractivity contribution in [2.75, 3.05) is 19.6 Å². The summed E-state index contributed by atoms with van der Waals surface area (Å²) in [6.45, 7) is 1.78. The minimum atomic E-state index is -1.73. The van der Waals surface area contributed by atoms with Crippen molar-refractivity contribution >= 4 is 11.9 Å². The molecule has 6 heteroatoms. The van der Waals surface area contributed by atoms with E-state index >= 15 is 0 Å². The molecule has 0 unspecified atom stereocenters. The second kappa shape index (κ2) is 5.11. The number of fused-ring (bicyclic) bond motifs is 1. The van der Waals surface area contributed by atoms with Gasteiger partial charge in [0.1, 0.15) is 0 Å². The van der Waals surface area contributed by atoms with Crippen LogP contribution >= 0.6 is 0 Å². The maximum atomic E-state index is 14.8. The van der Waals surface area contributed by atoms with Crippen LogP contribution in [0.2, 0.25) is 0 Å². The van der Waals surface area contributed by atoms with E-state index < -0.39 is 17.5 Å². The zero-order chi connectivity index (χ0) is 15.0. The van der Waals surface area contributed by atoms with Gasteiger partial charge in [0.15, 0.2) is 5.67 Å². The number of halogens is 1. The topological polar surface area (TPSA) is 69.6 Å². The molecule has 2 heterocycles. The van der Waals surface area contributed by atoms with Crippen molar-refractivity contribution in [2.45, 2.75) is 18.6 Å². The van der Waals surface area contributed by atoms with Gasteiger partial charge in [-0.3, -0.25) is 4.79 Å². The van der Waals surface area contributed by atoms with Crippen LogP contribution in [0.25, 0.3) is 0 Å². The Morgan fingerprint density at radius 3 is 2.76 bits per heavy atom. The van der Waals surface area contributed by atoms with E-state index in [0.717, 1.165) is 5.56 Å². The fourth-order valence-electron chi connectivity index (χ4n) is 3.12. The summed E-state index contributed by atoms with van der Waals surface area (Å²) in [5.74, 6) is -1.72. The van der Waals surface area contributed by atoms with Crippen molar-refractivity contribution in [3.05, 3.63) is 35.4 Å². The fraction of sp³-hybridized carbons (Fsp3) is 0.467. The monoisotopic (exact) mass is 292 g/mol. The summed E-state index contributed by atoms with van der Waals surface area (Å²) in [6, 6.07) is 6.33. The Labute approximate surface area is 121 Å². The number of alkyl halides is 1. The molecule has 2 aliphatic heterocycles. The third-order valence-electron chi connectivity index (χ3n) is 4.36. The standard InChI is InChI=1S/C15H17FN2O3/c16-15-5-6-17-7-12(15)9-18(14(15)21)8-10-1-3-11(4-2-10)13(19)20/h1-4,12,17H,5-9H2,(H,19,20)/t12-,15+/m0/s1. The molecular weight excluding hydrogens is 275 g/mol. The highest BCUT2D eigenvalue weighted by Gasteiger charge is 2.55. The van der Waals surface area contributed by atoms with Crippen molar-refractivity contribution in [3.8, 4) is 0 Å². The van der Waals surface area contributed by atoms with E-state index in [1.807, 2.05) is 0 Å². The summed E-state index contributed by atoms with van der Waals surface area (Å²) in [6.07, 6.45) is 0.227. The number of hydrogen-bond acceptors (Lipinski definition) is 3. The molecule has 2 fully saturated rings. The molecule has 2 N–H and O–H groups in total. The summed E-state index contributed by atoms with van der Waals surface area (Å²) in [5, 5.41) is 12.0. The summed E-state index contributed by atoms with van der Waals surface area (Å²) < 4.78 is 14.8. The Hall–Kier alpha value is -1.95. The van der Waals surface area contributed by atoms with E-state index in [9.17, 15) is 14.0 Å². The van der Waals surface area contributed by atoms with E-state index in [2.05, 4.69) is 5.32 Å². The molecule has 2 saturated heterocycles. The van der Waals surface area contributed by atoms with Gasteiger partial charge in [0.2, 0.25) is 0 Å². The van der Waals surface area contributed by atoms with Gasteiger partial charge in [-0.2, -0.15) is 0 Å². The number of amides is 1. The van der Waals surface area contributed by atoms with Gasteiger partial charge in [-0.1, -0.05) is 12.1 Å². The number of hydrogen-bond donors (Lipinski definition) is 2. The van der Waals surface area contributed by atoms with Gasteiger partial charge in [0.25, 0.3) is 5.91 Å². The molecular formula is C15H17FN2O3. The highest BCUT2D eigenvalue weighted by Crippen LogP contribution is 2.38. The molecule has 112 valence electrons. The lowest BCUT2D eigenvalue weighted by Crippen LogP contribution is -2.49. The van der Waals surface area contributed by atoms with Gasteiger partial charge < -0.3 is 15.3 Å². The van der Waals surface area contributed by atoms with Crippen molar-refractivity contribution in [1.82, 2.24) is 10.2 Å². The van der Waals surface area contributed by atoms with Crippen molar-refractivity contribution in [1.29, 1.82) is 0 Å². The van der Waals surface area contributed by atoms with Crippen LogP contribution in [0.1, 0.15) is 22.3 Å². The number of aromatic carboxylic acids is 1. The lowest BCUT2D eigenvalue weighted by atomic mass is 9.86. The minimum Gasteiger partial charge on any atom is -0.478 e. The molecule has 1 amide bonds. The fourth-order valence-corrected chi connectivity index (χ4v) is 3.12. The van der Waals surface area contributed by atoms with E-state index in [1.165, 1.54) is 17.0 Å². The summed E-state index contributed by atoms with van der Waals surface area (Å²) in [4.78, 5) is 24.6. The zero-order valence-corrected chi connectivity index (χ0v) is 11.5. The Balaban J connectivity index is 1.73. The predicted octanol–water partition coefficient (Wildman–Crippen LogP) is 1.04. The van der Waals surface area contributed by atoms with Crippen molar-refractivity contribution < 1.29 is 19.1 Å². The molecule has 5 nitrogen and oxygen atoms in total. The summed E-state index contributed by atoms with van der Waals surface area (Å²) >= 11 is 0. The van der Waals surface area contributed by atoms with Crippen LogP contribution in [-0.4, -0.2) is 47.2 Å². The van der Waals surface area contributed by atoms with Gasteiger partial charge in [-0.05, 0) is 24.2 Å². The number of carbonyl (C=O) groups is 2. The van der Waals surface area contributed by atoms with Gasteiger partial charge in [0, 0.05) is 32.0 Å². The molecule has 3 rings (SSSR count). The molecule has 0 saturated carbocycles. The van der Waals surface area contributed by atoms with Gasteiger partial charge >= 0.3 is 5.97 Å². The first kappa shape index (κ1) is 14.0. The molecule has 21 heavy (non-hydrogen) atoms. The number of carboxylic acids is 1. The maximum Gasteiger partial charge on any atom is 0.335 e. The lowest BCUT2D eigenvalue weighted by molar-refractivity contribution is -0.140. The smallest absolute Gasteiger partial charge is 0.335 e. The third-order valence-corrected chi connectivity index (χ3v) is 4.36. The highest BCUT2D eigenvalue weighted by atomic mass is 19.1. The molecule has 0 aromatic heterocycles. The number of likely N-dealkylation sites (tertiary alicyclic amines) is 1. The molecule has 1 aromatic carbocycles. The Bertz CT molecular complexity index is 575. The van der Waals surface area contributed by atoms with E-state index in [0.29, 0.717) is 26.2 Å². The van der Waals surface area contributed by atoms with Crippen LogP contribution in [-0.2, 0) is 11.3 Å². The van der Waals surface area contributed by atoms with E-state index in [1.54, 1.807) is 12.1 Å². The average molecular weight is 292 g/mol. The van der Waals surface area contributed by atoms with Gasteiger partial charge in [-0.25, -0.2) is 9.18 Å². The third kappa shape index (κ3) is 2.40. The second-order valence-corrected chi connectivity index (χ2v) is 5.70. The lowest BCUT2D eigenvalue weighted by Gasteiger charge is -2.29. The zero-order valence-electron chi connectivity index (χ0n) is 11.5. The number of carbonyl (C=O) groups excluding carboxylic acids is 1. The van der Waals surface area contributed by atoms with Gasteiger partial charge in [0.05, 0.1) is 5.56 Å². The number of nitrogens with zero attached hydrogens (tertiary/aromatic N) is 1. The number of piperidine rings is 1. The molecule has 2 atom stereocenters. The predicted molar refractivity (Wildman–Crippen MR) is 73.6 cm³/mol. The molecule has 0 radical (unpaired) electrons. The first-order chi connectivity index (χ1) is 10.0. The van der Waals surface area contributed by atoms with E-state index in [4.69, 9.17) is 5.11 Å². The van der Waals surface area contributed by atoms with Crippen molar-refractivity contribution in [2.24, 2.45) is 5.92 Å². The SMILES string of the molecule is O=C(O)c1ccc(CN2C[C@@H]3CNCC[C@]3(F)C2=O)cc1. The highest BCUT2D eigenvalue weighted by molar-refractivity contribution is 5.88. The minimum absolute atomic E-state index is 0.200. The first-order valence-corrected chi connectivity index (χ1v) is 7.02. The average Bonchev–Trinajstić information content (AvgIpc) is 2.72. The number of benzene rings is 1. The second-order valence-electron chi connectivity index (χ2n) is 5.70. The molecule has 1 aromatic rings. The van der Waals surface area contributed by atoms with Crippen LogP contribution in [0, 0.1) is 5.92 Å². The maximum absolute atomic E-state index is 14.8. The van der Waals surface area contributed by atoms with Crippen LogP contribution in [0.5, 0.6) is 0 Å². The molecule has 0 aliphatic carbocycles. The summed E-state index contributed by atoms with van der Waals surface area (Å²) in [5.41, 5.74) is -0.721. The van der Waals surface area contributed by atoms with Crippen LogP contribution < -0.4 is 5.32 Å².